The van der Waals surface area contributed by atoms with Gasteiger partial charge in [0, 0.05) is 23.2 Å². The van der Waals surface area contributed by atoms with Crippen LogP contribution in [0.2, 0.25) is 0 Å². The quantitative estimate of drug-likeness (QED) is 0.880. The summed E-state index contributed by atoms with van der Waals surface area (Å²) in [5.74, 6) is -0.903. The van der Waals surface area contributed by atoms with Gasteiger partial charge in [0.05, 0.1) is 16.9 Å². The number of benzene rings is 2. The Morgan fingerprint density at radius 3 is 2.65 bits per heavy atom. The molecule has 20 heavy (non-hydrogen) atoms. The summed E-state index contributed by atoms with van der Waals surface area (Å²) in [5, 5.41) is 12.3. The van der Waals surface area contributed by atoms with Crippen LogP contribution in [-0.4, -0.2) is 24.2 Å². The Morgan fingerprint density at radius 2 is 1.95 bits per heavy atom. The number of aromatic carboxylic acids is 1. The van der Waals surface area contributed by atoms with E-state index in [4.69, 9.17) is 5.11 Å². The smallest absolute Gasteiger partial charge is 0.335 e. The van der Waals surface area contributed by atoms with Gasteiger partial charge in [-0.15, -0.1) is 0 Å². The molecule has 102 valence electrons. The van der Waals surface area contributed by atoms with Gasteiger partial charge in [-0.3, -0.25) is 0 Å². The van der Waals surface area contributed by atoms with E-state index in [1.54, 1.807) is 12.1 Å². The molecule has 0 radical (unpaired) electrons. The molecule has 2 aromatic rings. The van der Waals surface area contributed by atoms with Crippen molar-refractivity contribution in [2.24, 2.45) is 0 Å². The maximum atomic E-state index is 10.9. The number of nitrogens with zero attached hydrogens (tertiary/aromatic N) is 1. The van der Waals surface area contributed by atoms with Crippen LogP contribution >= 0.6 is 15.9 Å². The number of carboxylic acids is 1. The Bertz CT molecular complexity index is 655. The van der Waals surface area contributed by atoms with Gasteiger partial charge < -0.3 is 15.3 Å². The van der Waals surface area contributed by atoms with Gasteiger partial charge in [-0.25, -0.2) is 4.79 Å². The van der Waals surface area contributed by atoms with E-state index in [1.807, 2.05) is 24.3 Å². The van der Waals surface area contributed by atoms with Crippen molar-refractivity contribution in [3.8, 4) is 0 Å². The van der Waals surface area contributed by atoms with E-state index >= 15 is 0 Å². The highest BCUT2D eigenvalue weighted by Crippen LogP contribution is 2.36. The maximum Gasteiger partial charge on any atom is 0.335 e. The van der Waals surface area contributed by atoms with E-state index in [1.165, 1.54) is 0 Å². The fourth-order valence-electron chi connectivity index (χ4n) is 2.35. The third kappa shape index (κ3) is 2.36. The normalized spacial score (nSPS) is 13.6. The lowest BCUT2D eigenvalue weighted by atomic mass is 10.1. The number of fused-ring (bicyclic) bond motifs is 1. The number of carboxylic acid groups (broad SMARTS) is 1. The number of hydrogen-bond acceptors (Lipinski definition) is 3. The van der Waals surface area contributed by atoms with Gasteiger partial charge in [-0.05, 0) is 42.5 Å². The molecule has 0 unspecified atom stereocenters. The summed E-state index contributed by atoms with van der Waals surface area (Å²) >= 11 is 3.49. The zero-order valence-electron chi connectivity index (χ0n) is 10.6. The largest absolute Gasteiger partial charge is 0.478 e. The number of anilines is 3. The lowest BCUT2D eigenvalue weighted by molar-refractivity contribution is 0.0697. The highest BCUT2D eigenvalue weighted by Gasteiger charge is 2.18. The summed E-state index contributed by atoms with van der Waals surface area (Å²) in [6, 6.07) is 13.1. The maximum absolute atomic E-state index is 10.9. The Morgan fingerprint density at radius 1 is 1.20 bits per heavy atom. The summed E-state index contributed by atoms with van der Waals surface area (Å²) in [7, 11) is 0. The van der Waals surface area contributed by atoms with Gasteiger partial charge >= 0.3 is 5.97 Å². The predicted molar refractivity (Wildman–Crippen MR) is 83.0 cm³/mol. The average molecular weight is 333 g/mol. The van der Waals surface area contributed by atoms with E-state index < -0.39 is 5.97 Å². The van der Waals surface area contributed by atoms with Gasteiger partial charge in [0.1, 0.15) is 0 Å². The molecule has 0 bridgehead atoms. The minimum atomic E-state index is -0.903. The molecule has 5 heteroatoms. The SMILES string of the molecule is O=C(O)c1ccc(N2CCNc3ccc(Br)cc32)cc1. The molecule has 0 spiro atoms. The van der Waals surface area contributed by atoms with Crippen LogP contribution in [0.4, 0.5) is 17.1 Å². The number of rotatable bonds is 2. The van der Waals surface area contributed by atoms with Crippen molar-refractivity contribution in [2.75, 3.05) is 23.3 Å². The molecule has 2 N–H and O–H groups in total. The van der Waals surface area contributed by atoms with Crippen LogP contribution in [-0.2, 0) is 0 Å². The van der Waals surface area contributed by atoms with Crippen molar-refractivity contribution in [2.45, 2.75) is 0 Å². The molecular weight excluding hydrogens is 320 g/mol. The molecule has 0 saturated carbocycles. The van der Waals surface area contributed by atoms with Gasteiger partial charge in [0.25, 0.3) is 0 Å². The summed E-state index contributed by atoms with van der Waals surface area (Å²) in [5.41, 5.74) is 3.48. The summed E-state index contributed by atoms with van der Waals surface area (Å²) < 4.78 is 1.02. The molecule has 0 atom stereocenters. The van der Waals surface area contributed by atoms with E-state index in [0.29, 0.717) is 5.56 Å². The van der Waals surface area contributed by atoms with Crippen molar-refractivity contribution >= 4 is 39.0 Å². The fourth-order valence-corrected chi connectivity index (χ4v) is 2.70. The second kappa shape index (κ2) is 5.17. The molecule has 1 heterocycles. The lowest BCUT2D eigenvalue weighted by Gasteiger charge is -2.32. The van der Waals surface area contributed by atoms with Crippen LogP contribution in [0.5, 0.6) is 0 Å². The molecule has 1 aliphatic rings. The summed E-state index contributed by atoms with van der Waals surface area (Å²) in [4.78, 5) is 13.1. The molecule has 4 nitrogen and oxygen atoms in total. The van der Waals surface area contributed by atoms with Crippen LogP contribution in [0.25, 0.3) is 0 Å². The zero-order chi connectivity index (χ0) is 14.1. The highest BCUT2D eigenvalue weighted by atomic mass is 79.9. The molecule has 1 aliphatic heterocycles. The van der Waals surface area contributed by atoms with Crippen molar-refractivity contribution in [3.05, 3.63) is 52.5 Å². The number of halogens is 1. The van der Waals surface area contributed by atoms with E-state index in [9.17, 15) is 4.79 Å². The van der Waals surface area contributed by atoms with Crippen LogP contribution in [0, 0.1) is 0 Å². The first-order valence-corrected chi connectivity index (χ1v) is 7.09. The van der Waals surface area contributed by atoms with Gasteiger partial charge in [-0.2, -0.15) is 0 Å². The first-order chi connectivity index (χ1) is 9.65. The number of hydrogen-bond donors (Lipinski definition) is 2. The van der Waals surface area contributed by atoms with E-state index in [2.05, 4.69) is 32.2 Å². The second-order valence-corrected chi connectivity index (χ2v) is 5.51. The molecule has 0 fully saturated rings. The van der Waals surface area contributed by atoms with E-state index in [0.717, 1.165) is 34.6 Å². The molecule has 0 aliphatic carbocycles. The molecule has 2 aromatic carbocycles. The summed E-state index contributed by atoms with van der Waals surface area (Å²) in [6.07, 6.45) is 0. The predicted octanol–water partition coefficient (Wildman–Crippen LogP) is 3.71. The molecule has 0 aromatic heterocycles. The van der Waals surface area contributed by atoms with Crippen molar-refractivity contribution in [3.63, 3.8) is 0 Å². The lowest BCUT2D eigenvalue weighted by Crippen LogP contribution is -2.30. The highest BCUT2D eigenvalue weighted by molar-refractivity contribution is 9.10. The van der Waals surface area contributed by atoms with E-state index in [-0.39, 0.29) is 0 Å². The van der Waals surface area contributed by atoms with Crippen molar-refractivity contribution < 1.29 is 9.90 Å². The van der Waals surface area contributed by atoms with Gasteiger partial charge in [-0.1, -0.05) is 15.9 Å². The minimum Gasteiger partial charge on any atom is -0.478 e. The molecule has 0 amide bonds. The number of nitrogens with one attached hydrogen (secondary N) is 1. The number of carbonyl (C=O) groups is 1. The minimum absolute atomic E-state index is 0.304. The van der Waals surface area contributed by atoms with Crippen molar-refractivity contribution in [1.82, 2.24) is 0 Å². The standard InChI is InChI=1S/C15H13BrN2O2/c16-11-3-6-13-14(9-11)18(8-7-17-13)12-4-1-10(2-5-12)15(19)20/h1-6,9,17H,7-8H2,(H,19,20). The Hall–Kier alpha value is -2.01. The first-order valence-electron chi connectivity index (χ1n) is 6.29. The monoisotopic (exact) mass is 332 g/mol. The van der Waals surface area contributed by atoms with Gasteiger partial charge in [0.15, 0.2) is 0 Å². The fraction of sp³-hybridized carbons (Fsp3) is 0.133. The Balaban J connectivity index is 1.99. The molecule has 3 rings (SSSR count). The van der Waals surface area contributed by atoms with Crippen LogP contribution in [0.15, 0.2) is 46.9 Å². The first kappa shape index (κ1) is 13.0. The van der Waals surface area contributed by atoms with Crippen LogP contribution < -0.4 is 10.2 Å². The zero-order valence-corrected chi connectivity index (χ0v) is 12.2. The third-order valence-electron chi connectivity index (χ3n) is 3.33. The summed E-state index contributed by atoms with van der Waals surface area (Å²) in [6.45, 7) is 1.70. The third-order valence-corrected chi connectivity index (χ3v) is 3.82. The molecule has 0 saturated heterocycles. The average Bonchev–Trinajstić information content (AvgIpc) is 2.46. The van der Waals surface area contributed by atoms with Crippen LogP contribution in [0.1, 0.15) is 10.4 Å². The van der Waals surface area contributed by atoms with Crippen molar-refractivity contribution in [1.29, 1.82) is 0 Å². The topological polar surface area (TPSA) is 52.6 Å². The van der Waals surface area contributed by atoms with Crippen LogP contribution in [0.3, 0.4) is 0 Å². The Labute approximate surface area is 125 Å². The second-order valence-electron chi connectivity index (χ2n) is 4.59. The van der Waals surface area contributed by atoms with Gasteiger partial charge in [0.2, 0.25) is 0 Å². The Kier molecular flexibility index (Phi) is 3.36. The molecular formula is C15H13BrN2O2.